The van der Waals surface area contributed by atoms with Crippen LogP contribution in [0.25, 0.3) is 0 Å². The topological polar surface area (TPSA) is 18.5 Å². The number of methoxy groups -OCH3 is 1. The summed E-state index contributed by atoms with van der Waals surface area (Å²) in [5, 5.41) is 0. The lowest BCUT2D eigenvalue weighted by atomic mass is 9.88. The van der Waals surface area contributed by atoms with Gasteiger partial charge in [0.05, 0.1) is 12.7 Å². The molecule has 0 unspecified atom stereocenters. The van der Waals surface area contributed by atoms with Gasteiger partial charge in [0, 0.05) is 7.11 Å². The lowest BCUT2D eigenvalue weighted by Crippen LogP contribution is -2.23. The summed E-state index contributed by atoms with van der Waals surface area (Å²) >= 11 is 6.49. The van der Waals surface area contributed by atoms with Crippen molar-refractivity contribution >= 4 is 28.4 Å². The van der Waals surface area contributed by atoms with E-state index in [4.69, 9.17) is 21.7 Å². The number of thiocarbonyl (C=S) groups is 1. The first-order valence-corrected chi connectivity index (χ1v) is 6.63. The lowest BCUT2D eigenvalue weighted by molar-refractivity contribution is 0.0478. The fourth-order valence-corrected chi connectivity index (χ4v) is 2.03. The Morgan fingerprint density at radius 2 is 2.00 bits per heavy atom. The highest BCUT2D eigenvalue weighted by molar-refractivity contribution is 8.22. The average molecular weight is 234 g/mol. The van der Waals surface area contributed by atoms with Gasteiger partial charge in [-0.3, -0.25) is 0 Å². The molecule has 4 heteroatoms. The van der Waals surface area contributed by atoms with E-state index in [0.717, 1.165) is 19.4 Å². The van der Waals surface area contributed by atoms with E-state index in [2.05, 4.69) is 0 Å². The van der Waals surface area contributed by atoms with E-state index < -0.39 is 0 Å². The normalized spacial score (nSPS) is 27.3. The van der Waals surface area contributed by atoms with Crippen LogP contribution >= 0.6 is 24.0 Å². The Morgan fingerprint density at radius 3 is 2.50 bits per heavy atom. The van der Waals surface area contributed by atoms with E-state index >= 15 is 0 Å². The van der Waals surface area contributed by atoms with Crippen molar-refractivity contribution in [2.45, 2.75) is 31.8 Å². The van der Waals surface area contributed by atoms with Crippen molar-refractivity contribution in [1.82, 2.24) is 0 Å². The van der Waals surface area contributed by atoms with Crippen molar-refractivity contribution in [2.75, 3.05) is 20.0 Å². The van der Waals surface area contributed by atoms with Crippen molar-refractivity contribution in [2.24, 2.45) is 5.92 Å². The molecule has 1 aliphatic carbocycles. The Hall–Kier alpha value is 0.200. The van der Waals surface area contributed by atoms with Crippen LogP contribution in [0.4, 0.5) is 0 Å². The minimum Gasteiger partial charge on any atom is -0.478 e. The molecule has 0 bridgehead atoms. The van der Waals surface area contributed by atoms with Crippen LogP contribution < -0.4 is 0 Å². The Bertz CT molecular complexity index is 177. The van der Waals surface area contributed by atoms with E-state index in [0.29, 0.717) is 16.4 Å². The van der Waals surface area contributed by atoms with Gasteiger partial charge in [-0.05, 0) is 50.1 Å². The van der Waals surface area contributed by atoms with Gasteiger partial charge < -0.3 is 9.47 Å². The third kappa shape index (κ3) is 4.15. The molecular formula is C10H18O2S2. The Kier molecular flexibility index (Phi) is 5.82. The summed E-state index contributed by atoms with van der Waals surface area (Å²) in [7, 11) is 1.80. The molecule has 0 aliphatic heterocycles. The lowest BCUT2D eigenvalue weighted by Gasteiger charge is -2.27. The Balaban J connectivity index is 2.13. The second kappa shape index (κ2) is 6.64. The van der Waals surface area contributed by atoms with Crippen molar-refractivity contribution in [1.29, 1.82) is 0 Å². The van der Waals surface area contributed by atoms with Gasteiger partial charge in [0.15, 0.2) is 0 Å². The van der Waals surface area contributed by atoms with Gasteiger partial charge in [0.2, 0.25) is 4.38 Å². The molecule has 2 nitrogen and oxygen atoms in total. The largest absolute Gasteiger partial charge is 0.478 e. The van der Waals surface area contributed by atoms with Crippen LogP contribution in [0.15, 0.2) is 0 Å². The van der Waals surface area contributed by atoms with Crippen molar-refractivity contribution in [3.05, 3.63) is 0 Å². The molecule has 1 fully saturated rings. The molecule has 0 amide bonds. The minimum atomic E-state index is 0.471. The first-order chi connectivity index (χ1) is 6.76. The van der Waals surface area contributed by atoms with Gasteiger partial charge in [-0.25, -0.2) is 0 Å². The fourth-order valence-electron chi connectivity index (χ4n) is 1.78. The van der Waals surface area contributed by atoms with E-state index in [-0.39, 0.29) is 0 Å². The average Bonchev–Trinajstić information content (AvgIpc) is 2.26. The highest BCUT2D eigenvalue weighted by Crippen LogP contribution is 2.26. The van der Waals surface area contributed by atoms with Crippen LogP contribution in [0.1, 0.15) is 25.7 Å². The fraction of sp³-hybridized carbons (Fsp3) is 0.900. The zero-order valence-electron chi connectivity index (χ0n) is 8.82. The molecule has 0 heterocycles. The molecule has 0 N–H and O–H groups in total. The number of rotatable bonds is 3. The summed E-state index contributed by atoms with van der Waals surface area (Å²) in [5.74, 6) is 0.673. The second-order valence-electron chi connectivity index (χ2n) is 3.64. The molecule has 1 aliphatic rings. The van der Waals surface area contributed by atoms with Crippen LogP contribution in [0, 0.1) is 5.92 Å². The van der Waals surface area contributed by atoms with E-state index in [1.807, 2.05) is 6.26 Å². The molecule has 1 saturated carbocycles. The van der Waals surface area contributed by atoms with Gasteiger partial charge >= 0.3 is 0 Å². The molecule has 0 aromatic heterocycles. The molecule has 0 saturated heterocycles. The Labute approximate surface area is 95.7 Å². The highest BCUT2D eigenvalue weighted by Gasteiger charge is 2.21. The second-order valence-corrected chi connectivity index (χ2v) is 5.05. The van der Waals surface area contributed by atoms with Crippen molar-refractivity contribution in [3.8, 4) is 0 Å². The predicted octanol–water partition coefficient (Wildman–Crippen LogP) is 2.86. The van der Waals surface area contributed by atoms with Gasteiger partial charge in [-0.2, -0.15) is 0 Å². The zero-order valence-corrected chi connectivity index (χ0v) is 10.5. The highest BCUT2D eigenvalue weighted by atomic mass is 32.2. The van der Waals surface area contributed by atoms with Crippen LogP contribution in [0.2, 0.25) is 0 Å². The number of hydrogen-bond donors (Lipinski definition) is 0. The summed E-state index contributed by atoms with van der Waals surface area (Å²) in [6.07, 6.45) is 7.15. The third-order valence-corrected chi connectivity index (χ3v) is 3.80. The smallest absolute Gasteiger partial charge is 0.219 e. The SMILES string of the molecule is CO[C@H]1CC[C@H](COC(=S)SC)CC1. The molecule has 82 valence electrons. The summed E-state index contributed by atoms with van der Waals surface area (Å²) in [4.78, 5) is 0. The van der Waals surface area contributed by atoms with Gasteiger partial charge in [-0.1, -0.05) is 11.8 Å². The predicted molar refractivity (Wildman–Crippen MR) is 64.8 cm³/mol. The minimum absolute atomic E-state index is 0.471. The summed E-state index contributed by atoms with van der Waals surface area (Å²) < 4.78 is 11.4. The monoisotopic (exact) mass is 234 g/mol. The number of thioether (sulfide) groups is 1. The van der Waals surface area contributed by atoms with Crippen LogP contribution in [-0.4, -0.2) is 30.5 Å². The van der Waals surface area contributed by atoms with E-state index in [1.54, 1.807) is 7.11 Å². The molecule has 0 radical (unpaired) electrons. The maximum absolute atomic E-state index is 5.45. The summed E-state index contributed by atoms with van der Waals surface area (Å²) in [6, 6.07) is 0. The van der Waals surface area contributed by atoms with E-state index in [9.17, 15) is 0 Å². The van der Waals surface area contributed by atoms with E-state index in [1.165, 1.54) is 24.6 Å². The standard InChI is InChI=1S/C10H18O2S2/c1-11-9-5-3-8(4-6-9)7-12-10(13)14-2/h8-9H,3-7H2,1-2H3/t8-,9-. The van der Waals surface area contributed by atoms with Gasteiger partial charge in [-0.15, -0.1) is 0 Å². The first-order valence-electron chi connectivity index (χ1n) is 4.99. The summed E-state index contributed by atoms with van der Waals surface area (Å²) in [6.45, 7) is 0.788. The third-order valence-electron chi connectivity index (χ3n) is 2.73. The van der Waals surface area contributed by atoms with Gasteiger partial charge in [0.25, 0.3) is 0 Å². The van der Waals surface area contributed by atoms with Crippen LogP contribution in [-0.2, 0) is 9.47 Å². The Morgan fingerprint density at radius 1 is 1.36 bits per heavy atom. The molecule has 0 atom stereocenters. The molecule has 0 aromatic rings. The van der Waals surface area contributed by atoms with Crippen LogP contribution in [0.5, 0.6) is 0 Å². The molecular weight excluding hydrogens is 216 g/mol. The summed E-state index contributed by atoms with van der Waals surface area (Å²) in [5.41, 5.74) is 0. The van der Waals surface area contributed by atoms with Crippen molar-refractivity contribution < 1.29 is 9.47 Å². The quantitative estimate of drug-likeness (QED) is 0.699. The maximum atomic E-state index is 5.45. The molecule has 14 heavy (non-hydrogen) atoms. The zero-order chi connectivity index (χ0) is 10.4. The first kappa shape index (κ1) is 12.3. The van der Waals surface area contributed by atoms with Gasteiger partial charge in [0.1, 0.15) is 0 Å². The number of hydrogen-bond acceptors (Lipinski definition) is 4. The maximum Gasteiger partial charge on any atom is 0.219 e. The molecule has 0 spiro atoms. The van der Waals surface area contributed by atoms with Crippen LogP contribution in [0.3, 0.4) is 0 Å². The van der Waals surface area contributed by atoms with Crippen molar-refractivity contribution in [3.63, 3.8) is 0 Å². The number of ether oxygens (including phenoxy) is 2. The molecule has 1 rings (SSSR count). The molecule has 0 aromatic carbocycles.